The molecule has 0 saturated carbocycles. The molecule has 0 bridgehead atoms. The average Bonchev–Trinajstić information content (AvgIpc) is 3.15. The molecule has 0 saturated heterocycles. The van der Waals surface area contributed by atoms with Gasteiger partial charge >= 0.3 is 0 Å². The number of carbonyl (C=O) groups excluding carboxylic acids is 1. The zero-order valence-electron chi connectivity index (χ0n) is 14.2. The Kier molecular flexibility index (Phi) is 4.73. The maximum atomic E-state index is 11.5. The van der Waals surface area contributed by atoms with Crippen molar-refractivity contribution in [2.24, 2.45) is 0 Å². The van der Waals surface area contributed by atoms with Gasteiger partial charge in [-0.05, 0) is 60.7 Å². The Hall–Kier alpha value is -3.37. The second kappa shape index (κ2) is 7.48. The topological polar surface area (TPSA) is 44.1 Å². The predicted molar refractivity (Wildman–Crippen MR) is 106 cm³/mol. The highest BCUT2D eigenvalue weighted by Gasteiger charge is 2.12. The minimum absolute atomic E-state index is 0.533. The van der Waals surface area contributed by atoms with Crippen LogP contribution in [0.5, 0.6) is 11.5 Å². The van der Waals surface area contributed by atoms with Crippen molar-refractivity contribution in [2.45, 2.75) is 0 Å². The van der Waals surface area contributed by atoms with Crippen molar-refractivity contribution in [1.29, 1.82) is 0 Å². The summed E-state index contributed by atoms with van der Waals surface area (Å²) in [5, 5.41) is 5.24. The van der Waals surface area contributed by atoms with Crippen LogP contribution in [-0.2, 0) is 0 Å². The Morgan fingerprint density at radius 1 is 0.852 bits per heavy atom. The molecule has 0 aliphatic carbocycles. The first kappa shape index (κ1) is 17.1. The fourth-order valence-electron chi connectivity index (χ4n) is 2.73. The van der Waals surface area contributed by atoms with Crippen LogP contribution in [-0.4, -0.2) is 16.1 Å². The number of hydrogen-bond acceptors (Lipinski definition) is 3. The Bertz CT molecular complexity index is 1060. The molecule has 132 valence electrons. The summed E-state index contributed by atoms with van der Waals surface area (Å²) in [6.45, 7) is 0. The number of aldehydes is 1. The molecule has 3 aromatic carbocycles. The minimum Gasteiger partial charge on any atom is -0.457 e. The number of carbonyl (C=O) groups is 1. The van der Waals surface area contributed by atoms with Gasteiger partial charge in [-0.3, -0.25) is 4.79 Å². The first-order valence-corrected chi connectivity index (χ1v) is 8.75. The number of aromatic nitrogens is 2. The highest BCUT2D eigenvalue weighted by atomic mass is 35.5. The number of ether oxygens (including phenoxy) is 1. The van der Waals surface area contributed by atoms with Crippen LogP contribution in [0.1, 0.15) is 10.4 Å². The van der Waals surface area contributed by atoms with Crippen molar-refractivity contribution in [3.8, 4) is 28.4 Å². The summed E-state index contributed by atoms with van der Waals surface area (Å²) < 4.78 is 7.51. The smallest absolute Gasteiger partial charge is 0.153 e. The molecule has 0 radical (unpaired) electrons. The third-order valence-electron chi connectivity index (χ3n) is 4.07. The Labute approximate surface area is 161 Å². The highest BCUT2D eigenvalue weighted by molar-refractivity contribution is 6.30. The summed E-state index contributed by atoms with van der Waals surface area (Å²) in [6.07, 6.45) is 2.55. The number of para-hydroxylation sites is 1. The van der Waals surface area contributed by atoms with Crippen LogP contribution < -0.4 is 4.74 Å². The second-order valence-electron chi connectivity index (χ2n) is 5.91. The lowest BCUT2D eigenvalue weighted by atomic mass is 10.1. The zero-order valence-corrected chi connectivity index (χ0v) is 15.0. The van der Waals surface area contributed by atoms with Gasteiger partial charge in [-0.2, -0.15) is 5.10 Å². The lowest BCUT2D eigenvalue weighted by Crippen LogP contribution is -1.94. The molecule has 5 heteroatoms. The van der Waals surface area contributed by atoms with Crippen LogP contribution in [0.4, 0.5) is 0 Å². The third kappa shape index (κ3) is 3.76. The molecule has 4 aromatic rings. The van der Waals surface area contributed by atoms with Crippen molar-refractivity contribution < 1.29 is 9.53 Å². The molecule has 0 fully saturated rings. The van der Waals surface area contributed by atoms with Gasteiger partial charge in [0.1, 0.15) is 17.2 Å². The molecule has 1 heterocycles. The largest absolute Gasteiger partial charge is 0.457 e. The second-order valence-corrected chi connectivity index (χ2v) is 6.35. The van der Waals surface area contributed by atoms with Gasteiger partial charge in [0.15, 0.2) is 6.29 Å². The summed E-state index contributed by atoms with van der Waals surface area (Å²) in [5.74, 6) is 1.39. The highest BCUT2D eigenvalue weighted by Crippen LogP contribution is 2.27. The van der Waals surface area contributed by atoms with Crippen molar-refractivity contribution in [2.75, 3.05) is 0 Å². The van der Waals surface area contributed by atoms with E-state index in [1.165, 1.54) is 0 Å². The molecule has 0 spiro atoms. The van der Waals surface area contributed by atoms with Crippen LogP contribution in [0, 0.1) is 0 Å². The number of benzene rings is 3. The lowest BCUT2D eigenvalue weighted by Gasteiger charge is -2.06. The van der Waals surface area contributed by atoms with Gasteiger partial charge in [-0.25, -0.2) is 4.68 Å². The fraction of sp³-hybridized carbons (Fsp3) is 0. The fourth-order valence-corrected chi connectivity index (χ4v) is 2.86. The van der Waals surface area contributed by atoms with Crippen molar-refractivity contribution in [3.63, 3.8) is 0 Å². The predicted octanol–water partition coefficient (Wildman–Crippen LogP) is 5.80. The SMILES string of the molecule is O=Cc1cn(-c2ccccc2)nc1-c1ccc(Oc2ccc(Cl)cc2)cc1. The lowest BCUT2D eigenvalue weighted by molar-refractivity contribution is 0.112. The molecular formula is C22H15ClN2O2. The van der Waals surface area contributed by atoms with E-state index in [-0.39, 0.29) is 0 Å². The van der Waals surface area contributed by atoms with Gasteiger partial charge in [0.2, 0.25) is 0 Å². The van der Waals surface area contributed by atoms with Gasteiger partial charge in [-0.1, -0.05) is 29.8 Å². The number of rotatable bonds is 5. The quantitative estimate of drug-likeness (QED) is 0.415. The molecule has 0 aliphatic heterocycles. The third-order valence-corrected chi connectivity index (χ3v) is 4.32. The number of halogens is 1. The molecule has 4 nitrogen and oxygen atoms in total. The summed E-state index contributed by atoms with van der Waals surface area (Å²) in [7, 11) is 0. The van der Waals surface area contributed by atoms with Crippen LogP contribution in [0.2, 0.25) is 5.02 Å². The van der Waals surface area contributed by atoms with Crippen LogP contribution in [0.15, 0.2) is 85.1 Å². The van der Waals surface area contributed by atoms with E-state index in [0.717, 1.165) is 17.5 Å². The monoisotopic (exact) mass is 374 g/mol. The van der Waals surface area contributed by atoms with Gasteiger partial charge in [0, 0.05) is 16.8 Å². The standard InChI is InChI=1S/C22H15ClN2O2/c23-18-8-12-21(13-9-18)27-20-10-6-16(7-11-20)22-17(15-26)14-25(24-22)19-4-2-1-3-5-19/h1-15H. The summed E-state index contributed by atoms with van der Waals surface area (Å²) >= 11 is 5.89. The molecule has 0 aliphatic rings. The van der Waals surface area contributed by atoms with Gasteiger partial charge in [0.25, 0.3) is 0 Å². The van der Waals surface area contributed by atoms with E-state index >= 15 is 0 Å². The molecule has 0 atom stereocenters. The minimum atomic E-state index is 0.533. The molecule has 0 unspecified atom stereocenters. The van der Waals surface area contributed by atoms with E-state index in [4.69, 9.17) is 16.3 Å². The molecule has 1 aromatic heterocycles. The maximum Gasteiger partial charge on any atom is 0.153 e. The van der Waals surface area contributed by atoms with E-state index in [9.17, 15) is 4.79 Å². The molecular weight excluding hydrogens is 360 g/mol. The van der Waals surface area contributed by atoms with E-state index in [1.54, 1.807) is 23.0 Å². The molecule has 27 heavy (non-hydrogen) atoms. The maximum absolute atomic E-state index is 11.5. The van der Waals surface area contributed by atoms with Crippen molar-refractivity contribution >= 4 is 17.9 Å². The van der Waals surface area contributed by atoms with Gasteiger partial charge < -0.3 is 4.74 Å². The van der Waals surface area contributed by atoms with E-state index < -0.39 is 0 Å². The summed E-state index contributed by atoms with van der Waals surface area (Å²) in [6, 6.07) is 24.3. The number of hydrogen-bond donors (Lipinski definition) is 0. The normalized spacial score (nSPS) is 10.6. The van der Waals surface area contributed by atoms with E-state index in [2.05, 4.69) is 5.10 Å². The Morgan fingerprint density at radius 3 is 2.11 bits per heavy atom. The molecule has 0 N–H and O–H groups in total. The van der Waals surface area contributed by atoms with Crippen LogP contribution in [0.3, 0.4) is 0 Å². The number of nitrogens with zero attached hydrogens (tertiary/aromatic N) is 2. The van der Waals surface area contributed by atoms with Crippen molar-refractivity contribution in [3.05, 3.63) is 95.6 Å². The molecule has 4 rings (SSSR count). The van der Waals surface area contributed by atoms with E-state index in [0.29, 0.717) is 27.8 Å². The van der Waals surface area contributed by atoms with Crippen LogP contribution in [0.25, 0.3) is 16.9 Å². The van der Waals surface area contributed by atoms with Crippen molar-refractivity contribution in [1.82, 2.24) is 9.78 Å². The Balaban J connectivity index is 1.61. The van der Waals surface area contributed by atoms with Crippen LogP contribution >= 0.6 is 11.6 Å². The van der Waals surface area contributed by atoms with Gasteiger partial charge in [0.05, 0.1) is 11.3 Å². The summed E-state index contributed by atoms with van der Waals surface area (Å²) in [5.41, 5.74) is 2.90. The first-order valence-electron chi connectivity index (χ1n) is 8.37. The van der Waals surface area contributed by atoms with E-state index in [1.807, 2.05) is 66.7 Å². The van der Waals surface area contributed by atoms with Gasteiger partial charge in [-0.15, -0.1) is 0 Å². The first-order chi connectivity index (χ1) is 13.2. The summed E-state index contributed by atoms with van der Waals surface area (Å²) in [4.78, 5) is 11.5. The molecule has 0 amide bonds. The average molecular weight is 375 g/mol. The zero-order chi connectivity index (χ0) is 18.6. The Morgan fingerprint density at radius 2 is 1.48 bits per heavy atom.